The van der Waals surface area contributed by atoms with E-state index in [0.717, 1.165) is 16.5 Å². The Labute approximate surface area is 248 Å². The van der Waals surface area contributed by atoms with Crippen molar-refractivity contribution in [1.82, 2.24) is 30.6 Å². The smallest absolute Gasteiger partial charge is 0.254 e. The summed E-state index contributed by atoms with van der Waals surface area (Å²) >= 11 is 0. The molecule has 1 aromatic heterocycles. The van der Waals surface area contributed by atoms with Crippen LogP contribution in [0.5, 0.6) is 0 Å². The maximum absolute atomic E-state index is 14.5. The number of carbonyl (C=O) groups is 4. The molecule has 0 aliphatic carbocycles. The lowest BCUT2D eigenvalue weighted by Gasteiger charge is -2.29. The second-order valence-corrected chi connectivity index (χ2v) is 10.6. The van der Waals surface area contributed by atoms with E-state index in [-0.39, 0.29) is 37.0 Å². The third kappa shape index (κ3) is 7.24. The number of benzene rings is 3. The summed E-state index contributed by atoms with van der Waals surface area (Å²) in [5.41, 5.74) is 2.04. The molecule has 1 aliphatic rings. The number of carbonyl (C=O) groups excluding carboxylic acids is 4. The van der Waals surface area contributed by atoms with Crippen LogP contribution in [0, 0.1) is 5.82 Å². The molecule has 2 bridgehead atoms. The second kappa shape index (κ2) is 13.3. The lowest BCUT2D eigenvalue weighted by atomic mass is 10.0. The Morgan fingerprint density at radius 2 is 1.77 bits per heavy atom. The topological polar surface area (TPSA) is 125 Å². The highest BCUT2D eigenvalue weighted by atomic mass is 19.1. The summed E-state index contributed by atoms with van der Waals surface area (Å²) < 4.78 is 16.1. The van der Waals surface area contributed by atoms with Crippen molar-refractivity contribution in [3.8, 4) is 0 Å². The van der Waals surface area contributed by atoms with Gasteiger partial charge in [0.1, 0.15) is 18.4 Å². The molecule has 0 spiro atoms. The van der Waals surface area contributed by atoms with Crippen molar-refractivity contribution < 1.29 is 23.6 Å². The standard InChI is InChI=1S/C32H33FN6O4/c1-21-31(42)37-27(23-9-3-2-4-10-23)18-38(30(41)20-39-28-12-6-5-11-24(28)17-35-39)19-29(40)34-15-7-8-22-13-14-26(33)25(16-22)32(43)36-21/h2-6,9-14,16-17,21,27H,7-8,15,18-20H2,1H3,(H,34,40)(H,36,43)(H,37,42)/t21-,27-/m1/s1. The van der Waals surface area contributed by atoms with Crippen LogP contribution in [-0.4, -0.2) is 64.0 Å². The molecule has 0 saturated carbocycles. The van der Waals surface area contributed by atoms with Gasteiger partial charge in [0, 0.05) is 18.5 Å². The summed E-state index contributed by atoms with van der Waals surface area (Å²) in [6.07, 6.45) is 2.70. The van der Waals surface area contributed by atoms with E-state index >= 15 is 0 Å². The minimum Gasteiger partial charge on any atom is -0.355 e. The van der Waals surface area contributed by atoms with Crippen LogP contribution in [0.2, 0.25) is 0 Å². The highest BCUT2D eigenvalue weighted by Crippen LogP contribution is 2.18. The van der Waals surface area contributed by atoms with Crippen LogP contribution in [0.25, 0.3) is 10.9 Å². The van der Waals surface area contributed by atoms with Gasteiger partial charge in [0.05, 0.1) is 29.9 Å². The Kier molecular flexibility index (Phi) is 9.09. The Morgan fingerprint density at radius 3 is 2.58 bits per heavy atom. The van der Waals surface area contributed by atoms with Crippen molar-refractivity contribution in [1.29, 1.82) is 0 Å². The van der Waals surface area contributed by atoms with Gasteiger partial charge in [0.25, 0.3) is 5.91 Å². The molecular formula is C32H33FN6O4. The highest BCUT2D eigenvalue weighted by molar-refractivity contribution is 5.98. The van der Waals surface area contributed by atoms with Crippen molar-refractivity contribution >= 4 is 34.5 Å². The molecule has 4 aromatic rings. The SMILES string of the molecule is C[C@H]1NC(=O)c2cc(ccc2F)CCCNC(=O)CN(C(=O)Cn2ncc3ccccc32)C[C@H](c2ccccc2)NC1=O. The number of nitrogens with one attached hydrogen (secondary N) is 3. The Morgan fingerprint density at radius 1 is 1.00 bits per heavy atom. The van der Waals surface area contributed by atoms with E-state index in [1.165, 1.54) is 24.0 Å². The molecule has 2 heterocycles. The first-order chi connectivity index (χ1) is 20.8. The second-order valence-electron chi connectivity index (χ2n) is 10.6. The molecule has 0 radical (unpaired) electrons. The Balaban J connectivity index is 1.44. The third-order valence-electron chi connectivity index (χ3n) is 7.43. The van der Waals surface area contributed by atoms with Gasteiger partial charge in [-0.1, -0.05) is 54.6 Å². The van der Waals surface area contributed by atoms with Crippen LogP contribution in [-0.2, 0) is 27.3 Å². The van der Waals surface area contributed by atoms with Crippen molar-refractivity contribution in [2.24, 2.45) is 0 Å². The summed E-state index contributed by atoms with van der Waals surface area (Å²) in [5, 5.41) is 13.6. The number of hydrogen-bond acceptors (Lipinski definition) is 5. The molecule has 2 atom stereocenters. The first-order valence-corrected chi connectivity index (χ1v) is 14.2. The quantitative estimate of drug-likeness (QED) is 0.342. The van der Waals surface area contributed by atoms with Crippen LogP contribution in [0.3, 0.4) is 0 Å². The summed E-state index contributed by atoms with van der Waals surface area (Å²) in [5.74, 6) is -2.64. The zero-order chi connectivity index (χ0) is 30.3. The molecule has 4 amide bonds. The van der Waals surface area contributed by atoms with Crippen LogP contribution in [0.15, 0.2) is 79.0 Å². The van der Waals surface area contributed by atoms with Gasteiger partial charge in [0.15, 0.2) is 0 Å². The van der Waals surface area contributed by atoms with Gasteiger partial charge in [-0.05, 0) is 49.1 Å². The van der Waals surface area contributed by atoms with Gasteiger partial charge in [-0.3, -0.25) is 23.9 Å². The van der Waals surface area contributed by atoms with E-state index in [9.17, 15) is 23.6 Å². The Bertz CT molecular complexity index is 1640. The molecule has 3 N–H and O–H groups in total. The van der Waals surface area contributed by atoms with Gasteiger partial charge >= 0.3 is 0 Å². The molecule has 5 rings (SSSR count). The number of para-hydroxylation sites is 1. The van der Waals surface area contributed by atoms with Crippen molar-refractivity contribution in [3.05, 3.63) is 102 Å². The van der Waals surface area contributed by atoms with E-state index in [1.807, 2.05) is 30.3 Å². The molecule has 1 aliphatic heterocycles. The summed E-state index contributed by atoms with van der Waals surface area (Å²) in [6.45, 7) is 1.47. The number of fused-ring (bicyclic) bond motifs is 3. The van der Waals surface area contributed by atoms with Crippen LogP contribution < -0.4 is 16.0 Å². The van der Waals surface area contributed by atoms with Gasteiger partial charge in [-0.25, -0.2) is 4.39 Å². The van der Waals surface area contributed by atoms with Crippen molar-refractivity contribution in [2.75, 3.05) is 19.6 Å². The first kappa shape index (κ1) is 29.4. The monoisotopic (exact) mass is 584 g/mol. The maximum atomic E-state index is 14.5. The first-order valence-electron chi connectivity index (χ1n) is 14.2. The summed E-state index contributed by atoms with van der Waals surface area (Å²) in [4.78, 5) is 54.5. The fourth-order valence-corrected chi connectivity index (χ4v) is 5.06. The number of nitrogens with zero attached hydrogens (tertiary/aromatic N) is 3. The van der Waals surface area contributed by atoms with Crippen molar-refractivity contribution in [2.45, 2.75) is 38.4 Å². The summed E-state index contributed by atoms with van der Waals surface area (Å²) in [7, 11) is 0. The highest BCUT2D eigenvalue weighted by Gasteiger charge is 2.27. The number of rotatable bonds is 3. The zero-order valence-corrected chi connectivity index (χ0v) is 23.8. The number of aryl methyl sites for hydroxylation is 1. The predicted molar refractivity (Wildman–Crippen MR) is 158 cm³/mol. The molecule has 222 valence electrons. The van der Waals surface area contributed by atoms with Gasteiger partial charge in [-0.2, -0.15) is 5.10 Å². The van der Waals surface area contributed by atoms with Gasteiger partial charge in [0.2, 0.25) is 17.7 Å². The average Bonchev–Trinajstić information content (AvgIpc) is 3.41. The molecule has 3 aromatic carbocycles. The third-order valence-corrected chi connectivity index (χ3v) is 7.43. The zero-order valence-electron chi connectivity index (χ0n) is 23.8. The van der Waals surface area contributed by atoms with Crippen molar-refractivity contribution in [3.63, 3.8) is 0 Å². The molecular weight excluding hydrogens is 551 g/mol. The number of amides is 4. The normalized spacial score (nSPS) is 18.8. The molecule has 10 nitrogen and oxygen atoms in total. The van der Waals surface area contributed by atoms with Gasteiger partial charge < -0.3 is 20.9 Å². The fourth-order valence-electron chi connectivity index (χ4n) is 5.06. The van der Waals surface area contributed by atoms with E-state index in [0.29, 0.717) is 24.9 Å². The number of aromatic nitrogens is 2. The molecule has 0 saturated heterocycles. The van der Waals surface area contributed by atoms with Crippen LogP contribution in [0.4, 0.5) is 4.39 Å². The Hall–Kier alpha value is -5.06. The largest absolute Gasteiger partial charge is 0.355 e. The van der Waals surface area contributed by atoms with E-state index in [1.54, 1.807) is 41.2 Å². The predicted octanol–water partition coefficient (Wildman–Crippen LogP) is 2.74. The van der Waals surface area contributed by atoms with Crippen LogP contribution >= 0.6 is 0 Å². The minimum atomic E-state index is -1.01. The fraction of sp³-hybridized carbons (Fsp3) is 0.281. The number of hydrogen-bond donors (Lipinski definition) is 3. The minimum absolute atomic E-state index is 0.0166. The number of halogens is 1. The lowest BCUT2D eigenvalue weighted by Crippen LogP contribution is -2.50. The molecule has 43 heavy (non-hydrogen) atoms. The maximum Gasteiger partial charge on any atom is 0.254 e. The molecule has 11 heteroatoms. The summed E-state index contributed by atoms with van der Waals surface area (Å²) in [6, 6.07) is 19.1. The lowest BCUT2D eigenvalue weighted by molar-refractivity contribution is -0.137. The average molecular weight is 585 g/mol. The van der Waals surface area contributed by atoms with Gasteiger partial charge in [-0.15, -0.1) is 0 Å². The van der Waals surface area contributed by atoms with E-state index in [2.05, 4.69) is 21.0 Å². The van der Waals surface area contributed by atoms with E-state index in [4.69, 9.17) is 0 Å². The van der Waals surface area contributed by atoms with E-state index < -0.39 is 29.7 Å². The van der Waals surface area contributed by atoms with Crippen LogP contribution in [0.1, 0.15) is 40.9 Å². The molecule has 0 unspecified atom stereocenters. The molecule has 0 fully saturated rings.